The first-order valence-corrected chi connectivity index (χ1v) is 9.89. The first-order valence-electron chi connectivity index (χ1n) is 9.89. The van der Waals surface area contributed by atoms with Crippen LogP contribution in [0.1, 0.15) is 86.0 Å². The predicted molar refractivity (Wildman–Crippen MR) is 99.8 cm³/mol. The number of esters is 1. The topological polar surface area (TPSA) is 46.6 Å². The minimum Gasteiger partial charge on any atom is -0.456 e. The maximum Gasteiger partial charge on any atom is 0.303 e. The van der Waals surface area contributed by atoms with Gasteiger partial charge in [0.1, 0.15) is 0 Å². The van der Waals surface area contributed by atoms with Gasteiger partial charge in [0.05, 0.1) is 0 Å². The molecule has 24 heavy (non-hydrogen) atoms. The third kappa shape index (κ3) is 10.7. The normalized spacial score (nSPS) is 13.4. The van der Waals surface area contributed by atoms with Crippen LogP contribution in [0, 0.1) is 11.8 Å². The van der Waals surface area contributed by atoms with Crippen molar-refractivity contribution in [3.8, 4) is 0 Å². The quantitative estimate of drug-likeness (QED) is 0.426. The summed E-state index contributed by atoms with van der Waals surface area (Å²) >= 11 is 0. The maximum atomic E-state index is 12.5. The summed E-state index contributed by atoms with van der Waals surface area (Å²) in [6, 6.07) is 0. The van der Waals surface area contributed by atoms with Crippen LogP contribution in [0.2, 0.25) is 0 Å². The highest BCUT2D eigenvalue weighted by molar-refractivity contribution is 5.80. The van der Waals surface area contributed by atoms with E-state index in [2.05, 4.69) is 27.7 Å². The number of carbonyl (C=O) groups is 2. The van der Waals surface area contributed by atoms with E-state index in [1.54, 1.807) is 0 Å². The van der Waals surface area contributed by atoms with Gasteiger partial charge < -0.3 is 9.64 Å². The number of amides is 1. The number of nitrogens with zero attached hydrogens (tertiary/aromatic N) is 1. The van der Waals surface area contributed by atoms with Gasteiger partial charge in [-0.3, -0.25) is 9.59 Å². The monoisotopic (exact) mass is 341 g/mol. The Hall–Kier alpha value is -1.06. The highest BCUT2D eigenvalue weighted by Gasteiger charge is 2.21. The first kappa shape index (κ1) is 22.9. The van der Waals surface area contributed by atoms with Gasteiger partial charge in [-0.1, -0.05) is 66.2 Å². The van der Waals surface area contributed by atoms with Crippen LogP contribution in [-0.4, -0.2) is 36.5 Å². The zero-order valence-electron chi connectivity index (χ0n) is 16.6. The van der Waals surface area contributed by atoms with Crippen LogP contribution in [0.3, 0.4) is 0 Å². The van der Waals surface area contributed by atoms with Crippen molar-refractivity contribution in [1.82, 2.24) is 4.90 Å². The van der Waals surface area contributed by atoms with E-state index < -0.39 is 0 Å². The molecule has 0 rings (SSSR count). The van der Waals surface area contributed by atoms with Gasteiger partial charge in [0, 0.05) is 20.0 Å². The Labute approximate surface area is 149 Å². The summed E-state index contributed by atoms with van der Waals surface area (Å²) < 4.78 is 4.95. The minimum atomic E-state index is -0.389. The second-order valence-electron chi connectivity index (χ2n) is 6.91. The van der Waals surface area contributed by atoms with Crippen molar-refractivity contribution < 1.29 is 14.3 Å². The van der Waals surface area contributed by atoms with E-state index in [1.165, 1.54) is 32.6 Å². The lowest BCUT2D eigenvalue weighted by Gasteiger charge is -2.30. The Bertz CT molecular complexity index is 326. The first-order chi connectivity index (χ1) is 11.5. The van der Waals surface area contributed by atoms with Crippen molar-refractivity contribution in [3.05, 3.63) is 0 Å². The van der Waals surface area contributed by atoms with Crippen molar-refractivity contribution in [2.45, 2.75) is 86.0 Å². The van der Waals surface area contributed by atoms with Gasteiger partial charge in [0.15, 0.2) is 6.61 Å². The van der Waals surface area contributed by atoms with E-state index in [0.717, 1.165) is 38.8 Å². The van der Waals surface area contributed by atoms with Gasteiger partial charge in [-0.2, -0.15) is 0 Å². The van der Waals surface area contributed by atoms with E-state index in [0.29, 0.717) is 11.8 Å². The molecular weight excluding hydrogens is 302 g/mol. The zero-order chi connectivity index (χ0) is 18.4. The van der Waals surface area contributed by atoms with Gasteiger partial charge >= 0.3 is 5.97 Å². The smallest absolute Gasteiger partial charge is 0.303 e. The third-order valence-electron chi connectivity index (χ3n) is 4.80. The summed E-state index contributed by atoms with van der Waals surface area (Å²) in [4.78, 5) is 25.5. The van der Waals surface area contributed by atoms with Crippen molar-refractivity contribution >= 4 is 11.9 Å². The number of hydrogen-bond acceptors (Lipinski definition) is 3. The highest BCUT2D eigenvalue weighted by Crippen LogP contribution is 2.19. The minimum absolute atomic E-state index is 0.0462. The summed E-state index contributed by atoms with van der Waals surface area (Å²) in [6.07, 6.45) is 9.28. The van der Waals surface area contributed by atoms with Crippen LogP contribution in [0.15, 0.2) is 0 Å². The molecule has 0 aromatic heterocycles. The van der Waals surface area contributed by atoms with E-state index in [4.69, 9.17) is 4.74 Å². The molecular formula is C20H39NO3. The molecule has 2 unspecified atom stereocenters. The number of rotatable bonds is 14. The molecule has 4 heteroatoms. The molecule has 1 amide bonds. The molecule has 0 aliphatic carbocycles. The van der Waals surface area contributed by atoms with Gasteiger partial charge in [-0.25, -0.2) is 0 Å². The molecule has 0 heterocycles. The maximum absolute atomic E-state index is 12.5. The van der Waals surface area contributed by atoms with Gasteiger partial charge in [-0.15, -0.1) is 0 Å². The summed E-state index contributed by atoms with van der Waals surface area (Å²) in [5.41, 5.74) is 0. The average molecular weight is 342 g/mol. The lowest BCUT2D eigenvalue weighted by atomic mass is 9.95. The molecule has 0 spiro atoms. The van der Waals surface area contributed by atoms with Crippen LogP contribution < -0.4 is 0 Å². The molecule has 0 bridgehead atoms. The molecule has 0 radical (unpaired) electrons. The van der Waals surface area contributed by atoms with E-state index in [9.17, 15) is 9.59 Å². The molecule has 0 saturated heterocycles. The van der Waals surface area contributed by atoms with Crippen LogP contribution in [0.25, 0.3) is 0 Å². The number of carbonyl (C=O) groups excluding carboxylic acids is 2. The fraction of sp³-hybridized carbons (Fsp3) is 0.900. The SMILES string of the molecule is CCCCC(CC)CN(CC(CC)CCCC)C(=O)COC(C)=O. The number of ether oxygens (including phenoxy) is 1. The molecule has 4 nitrogen and oxygen atoms in total. The van der Waals surface area contributed by atoms with Crippen molar-refractivity contribution in [1.29, 1.82) is 0 Å². The predicted octanol–water partition coefficient (Wildman–Crippen LogP) is 4.81. The molecule has 2 atom stereocenters. The molecule has 0 fully saturated rings. The Morgan fingerprint density at radius 1 is 0.875 bits per heavy atom. The molecule has 142 valence electrons. The zero-order valence-corrected chi connectivity index (χ0v) is 16.6. The average Bonchev–Trinajstić information content (AvgIpc) is 2.58. The lowest BCUT2D eigenvalue weighted by Crippen LogP contribution is -2.41. The summed E-state index contributed by atoms with van der Waals surface area (Å²) in [5, 5.41) is 0. The fourth-order valence-electron chi connectivity index (χ4n) is 2.99. The largest absolute Gasteiger partial charge is 0.456 e. The van der Waals surface area contributed by atoms with Crippen LogP contribution in [0.4, 0.5) is 0 Å². The van der Waals surface area contributed by atoms with Gasteiger partial charge in [0.2, 0.25) is 0 Å². The van der Waals surface area contributed by atoms with Crippen molar-refractivity contribution in [3.63, 3.8) is 0 Å². The summed E-state index contributed by atoms with van der Waals surface area (Å²) in [5.74, 6) is 0.638. The Morgan fingerprint density at radius 3 is 1.67 bits per heavy atom. The second-order valence-corrected chi connectivity index (χ2v) is 6.91. The van der Waals surface area contributed by atoms with E-state index >= 15 is 0 Å². The Morgan fingerprint density at radius 2 is 1.33 bits per heavy atom. The highest BCUT2D eigenvalue weighted by atomic mass is 16.5. The van der Waals surface area contributed by atoms with Gasteiger partial charge in [0.25, 0.3) is 5.91 Å². The van der Waals surface area contributed by atoms with E-state index in [-0.39, 0.29) is 18.5 Å². The number of unbranched alkanes of at least 4 members (excludes halogenated alkanes) is 2. The van der Waals surface area contributed by atoms with Crippen molar-refractivity contribution in [2.24, 2.45) is 11.8 Å². The fourth-order valence-corrected chi connectivity index (χ4v) is 2.99. The summed E-state index contributed by atoms with van der Waals surface area (Å²) in [6.45, 7) is 11.6. The molecule has 0 saturated carbocycles. The Balaban J connectivity index is 4.83. The number of hydrogen-bond donors (Lipinski definition) is 0. The molecule has 0 aliphatic heterocycles. The van der Waals surface area contributed by atoms with Crippen LogP contribution in [-0.2, 0) is 14.3 Å². The van der Waals surface area contributed by atoms with Crippen LogP contribution >= 0.6 is 0 Å². The van der Waals surface area contributed by atoms with E-state index in [1.807, 2.05) is 4.90 Å². The van der Waals surface area contributed by atoms with Crippen LogP contribution in [0.5, 0.6) is 0 Å². The van der Waals surface area contributed by atoms with Crippen molar-refractivity contribution in [2.75, 3.05) is 19.7 Å². The molecule has 0 aromatic rings. The third-order valence-corrected chi connectivity index (χ3v) is 4.80. The molecule has 0 aromatic carbocycles. The summed E-state index contributed by atoms with van der Waals surface area (Å²) in [7, 11) is 0. The Kier molecular flexibility index (Phi) is 13.7. The molecule has 0 aliphatic rings. The molecule has 0 N–H and O–H groups in total. The lowest BCUT2D eigenvalue weighted by molar-refractivity contribution is -0.150. The standard InChI is InChI=1S/C20H39NO3/c1-6-10-12-18(8-3)14-21(20(23)16-24-17(5)22)15-19(9-4)13-11-7-2/h18-19H,6-16H2,1-5H3. The van der Waals surface area contributed by atoms with Gasteiger partial charge in [-0.05, 0) is 24.7 Å². The second kappa shape index (κ2) is 14.3.